The number of aryl methyl sites for hydroxylation is 2. The summed E-state index contributed by atoms with van der Waals surface area (Å²) in [6.07, 6.45) is 7.88. The molecule has 0 aliphatic rings. The van der Waals surface area contributed by atoms with Crippen molar-refractivity contribution >= 4 is 11.5 Å². The Morgan fingerprint density at radius 3 is 2.82 bits per heavy atom. The zero-order valence-electron chi connectivity index (χ0n) is 13.4. The van der Waals surface area contributed by atoms with Crippen LogP contribution in [0.3, 0.4) is 0 Å². The van der Waals surface area contributed by atoms with Gasteiger partial charge in [-0.2, -0.15) is 14.7 Å². The van der Waals surface area contributed by atoms with Crippen LogP contribution in [0.15, 0.2) is 30.7 Å². The van der Waals surface area contributed by atoms with Crippen LogP contribution in [0.1, 0.15) is 31.5 Å². The quantitative estimate of drug-likeness (QED) is 0.702. The molecule has 3 heterocycles. The third-order valence-corrected chi connectivity index (χ3v) is 3.72. The van der Waals surface area contributed by atoms with Gasteiger partial charge in [0, 0.05) is 49.7 Å². The minimum Gasteiger partial charge on any atom is -0.355 e. The van der Waals surface area contributed by atoms with Gasteiger partial charge in [-0.1, -0.05) is 13.3 Å². The van der Waals surface area contributed by atoms with Gasteiger partial charge >= 0.3 is 0 Å². The molecule has 6 nitrogen and oxygen atoms in total. The van der Waals surface area contributed by atoms with E-state index in [4.69, 9.17) is 0 Å². The third kappa shape index (κ3) is 2.81. The van der Waals surface area contributed by atoms with Crippen molar-refractivity contribution in [3.05, 3.63) is 42.0 Å². The van der Waals surface area contributed by atoms with Crippen molar-refractivity contribution < 1.29 is 0 Å². The average molecular weight is 298 g/mol. The molecule has 0 saturated heterocycles. The predicted octanol–water partition coefficient (Wildman–Crippen LogP) is 2.53. The van der Waals surface area contributed by atoms with Gasteiger partial charge in [0.2, 0.25) is 0 Å². The first kappa shape index (κ1) is 14.6. The normalized spacial score (nSPS) is 11.2. The van der Waals surface area contributed by atoms with Crippen molar-refractivity contribution in [2.75, 3.05) is 11.9 Å². The van der Waals surface area contributed by atoms with Crippen LogP contribution in [-0.4, -0.2) is 31.4 Å². The Morgan fingerprint density at radius 1 is 1.23 bits per heavy atom. The summed E-state index contributed by atoms with van der Waals surface area (Å²) in [5, 5.41) is 8.73. The van der Waals surface area contributed by atoms with Crippen LogP contribution in [0.2, 0.25) is 0 Å². The van der Waals surface area contributed by atoms with Crippen molar-refractivity contribution in [1.29, 1.82) is 0 Å². The van der Waals surface area contributed by atoms with Gasteiger partial charge in [0.05, 0.1) is 12.4 Å². The van der Waals surface area contributed by atoms with E-state index in [9.17, 15) is 0 Å². The molecule has 0 aromatic carbocycles. The lowest BCUT2D eigenvalue weighted by atomic mass is 10.2. The average Bonchev–Trinajstić information content (AvgIpc) is 3.15. The number of anilines is 1. The molecule has 0 fully saturated rings. The molecule has 0 aliphatic heterocycles. The molecule has 6 heteroatoms. The topological polar surface area (TPSA) is 51.2 Å². The lowest BCUT2D eigenvalue weighted by Crippen LogP contribution is -2.20. The van der Waals surface area contributed by atoms with Gasteiger partial charge in [0.15, 0.2) is 5.65 Å². The Bertz CT molecular complexity index is 757. The monoisotopic (exact) mass is 298 g/mol. The van der Waals surface area contributed by atoms with Crippen molar-refractivity contribution in [3.63, 3.8) is 0 Å². The molecule has 116 valence electrons. The Kier molecular flexibility index (Phi) is 4.09. The maximum absolute atomic E-state index is 4.65. The Morgan fingerprint density at radius 2 is 2.09 bits per heavy atom. The highest BCUT2D eigenvalue weighted by atomic mass is 15.3. The molecule has 0 bridgehead atoms. The van der Waals surface area contributed by atoms with E-state index in [1.807, 2.05) is 21.5 Å². The molecule has 0 saturated carbocycles. The van der Waals surface area contributed by atoms with Crippen molar-refractivity contribution in [1.82, 2.24) is 24.4 Å². The van der Waals surface area contributed by atoms with Gasteiger partial charge < -0.3 is 4.90 Å². The highest BCUT2D eigenvalue weighted by Crippen LogP contribution is 2.19. The minimum atomic E-state index is 0.796. The van der Waals surface area contributed by atoms with Gasteiger partial charge in [0.25, 0.3) is 0 Å². The fourth-order valence-corrected chi connectivity index (χ4v) is 2.62. The summed E-state index contributed by atoms with van der Waals surface area (Å²) >= 11 is 0. The number of hydrogen-bond donors (Lipinski definition) is 0. The largest absolute Gasteiger partial charge is 0.355 e. The highest BCUT2D eigenvalue weighted by Gasteiger charge is 2.11. The van der Waals surface area contributed by atoms with Gasteiger partial charge in [-0.25, -0.2) is 4.98 Å². The predicted molar refractivity (Wildman–Crippen MR) is 87.0 cm³/mol. The minimum absolute atomic E-state index is 0.796. The standard InChI is InChI=1S/C16H22N6/c1-4-6-14-9-16(22-15(19-14)7-8-17-22)20(3)11-13-10-18-21(5-2)12-13/h7-10,12H,4-6,11H2,1-3H3. The zero-order valence-corrected chi connectivity index (χ0v) is 13.4. The van der Waals surface area contributed by atoms with Gasteiger partial charge in [-0.05, 0) is 13.3 Å². The maximum atomic E-state index is 4.65. The highest BCUT2D eigenvalue weighted by molar-refractivity contribution is 5.50. The fraction of sp³-hybridized carbons (Fsp3) is 0.438. The molecule has 3 aromatic heterocycles. The fourth-order valence-electron chi connectivity index (χ4n) is 2.62. The maximum Gasteiger partial charge on any atom is 0.157 e. The van der Waals surface area contributed by atoms with Gasteiger partial charge in [-0.3, -0.25) is 4.68 Å². The van der Waals surface area contributed by atoms with Crippen LogP contribution < -0.4 is 4.90 Å². The van der Waals surface area contributed by atoms with E-state index in [0.29, 0.717) is 0 Å². The van der Waals surface area contributed by atoms with Crippen LogP contribution >= 0.6 is 0 Å². The Hall–Kier alpha value is -2.37. The number of aromatic nitrogens is 5. The first-order chi connectivity index (χ1) is 10.7. The lowest BCUT2D eigenvalue weighted by Gasteiger charge is -2.20. The molecule has 0 unspecified atom stereocenters. The first-order valence-electron chi connectivity index (χ1n) is 7.77. The SMILES string of the molecule is CCCc1cc(N(C)Cc2cnn(CC)c2)n2nccc2n1. The summed E-state index contributed by atoms with van der Waals surface area (Å²) in [5.74, 6) is 1.06. The third-order valence-electron chi connectivity index (χ3n) is 3.72. The molecular formula is C16H22N6. The van der Waals surface area contributed by atoms with E-state index in [2.05, 4.69) is 53.2 Å². The van der Waals surface area contributed by atoms with E-state index in [1.54, 1.807) is 6.20 Å². The molecule has 0 aliphatic carbocycles. The zero-order chi connectivity index (χ0) is 15.5. The second kappa shape index (κ2) is 6.17. The molecule has 0 spiro atoms. The molecular weight excluding hydrogens is 276 g/mol. The molecule has 3 rings (SSSR count). The van der Waals surface area contributed by atoms with Crippen LogP contribution in [-0.2, 0) is 19.5 Å². The van der Waals surface area contributed by atoms with Crippen molar-refractivity contribution in [2.24, 2.45) is 0 Å². The number of hydrogen-bond acceptors (Lipinski definition) is 4. The Balaban J connectivity index is 1.91. The van der Waals surface area contributed by atoms with Gasteiger partial charge in [0.1, 0.15) is 5.82 Å². The number of fused-ring (bicyclic) bond motifs is 1. The first-order valence-corrected chi connectivity index (χ1v) is 7.77. The second-order valence-corrected chi connectivity index (χ2v) is 5.52. The van der Waals surface area contributed by atoms with Crippen LogP contribution in [0.25, 0.3) is 5.65 Å². The van der Waals surface area contributed by atoms with E-state index in [1.165, 1.54) is 5.56 Å². The van der Waals surface area contributed by atoms with E-state index in [-0.39, 0.29) is 0 Å². The van der Waals surface area contributed by atoms with Gasteiger partial charge in [-0.15, -0.1) is 0 Å². The van der Waals surface area contributed by atoms with E-state index < -0.39 is 0 Å². The van der Waals surface area contributed by atoms with Crippen LogP contribution in [0.5, 0.6) is 0 Å². The lowest BCUT2D eigenvalue weighted by molar-refractivity contribution is 0.659. The van der Waals surface area contributed by atoms with Crippen molar-refractivity contribution in [3.8, 4) is 0 Å². The summed E-state index contributed by atoms with van der Waals surface area (Å²) in [6, 6.07) is 4.08. The molecule has 22 heavy (non-hydrogen) atoms. The second-order valence-electron chi connectivity index (χ2n) is 5.52. The van der Waals surface area contributed by atoms with Crippen molar-refractivity contribution in [2.45, 2.75) is 39.8 Å². The van der Waals surface area contributed by atoms with E-state index in [0.717, 1.165) is 43.1 Å². The van der Waals surface area contributed by atoms with Crippen LogP contribution in [0, 0.1) is 0 Å². The summed E-state index contributed by atoms with van der Waals surface area (Å²) in [5.41, 5.74) is 3.21. The molecule has 3 aromatic rings. The van der Waals surface area contributed by atoms with E-state index >= 15 is 0 Å². The summed E-state index contributed by atoms with van der Waals surface area (Å²) in [4.78, 5) is 6.84. The number of nitrogens with zero attached hydrogens (tertiary/aromatic N) is 6. The molecule has 0 N–H and O–H groups in total. The van der Waals surface area contributed by atoms with Crippen LogP contribution in [0.4, 0.5) is 5.82 Å². The summed E-state index contributed by atoms with van der Waals surface area (Å²) in [6.45, 7) is 5.95. The Labute approximate surface area is 130 Å². The molecule has 0 radical (unpaired) electrons. The summed E-state index contributed by atoms with van der Waals surface area (Å²) < 4.78 is 3.84. The molecule has 0 amide bonds. The molecule has 0 atom stereocenters. The smallest absolute Gasteiger partial charge is 0.157 e. The summed E-state index contributed by atoms with van der Waals surface area (Å²) in [7, 11) is 2.08. The number of rotatable bonds is 6.